The molecule has 0 fully saturated rings. The molecule has 14 heavy (non-hydrogen) atoms. The normalized spacial score (nSPS) is 10.6. The van der Waals surface area contributed by atoms with E-state index >= 15 is 0 Å². The number of allylic oxidation sites excluding steroid dienone is 1. The van der Waals surface area contributed by atoms with Gasteiger partial charge in [-0.15, -0.1) is 6.58 Å². The fourth-order valence-electron chi connectivity index (χ4n) is 1.19. The molecular formula is C13H17N. The summed E-state index contributed by atoms with van der Waals surface area (Å²) >= 11 is 0. The van der Waals surface area contributed by atoms with Crippen LogP contribution in [0.3, 0.4) is 0 Å². The molecule has 0 radical (unpaired) electrons. The average molecular weight is 187 g/mol. The summed E-state index contributed by atoms with van der Waals surface area (Å²) in [5.74, 6) is 0. The van der Waals surface area contributed by atoms with Gasteiger partial charge in [-0.3, -0.25) is 0 Å². The lowest BCUT2D eigenvalue weighted by Gasteiger charge is -1.95. The fourth-order valence-corrected chi connectivity index (χ4v) is 1.19. The van der Waals surface area contributed by atoms with Gasteiger partial charge in [-0.25, -0.2) is 0 Å². The smallest absolute Gasteiger partial charge is 0.0137 e. The van der Waals surface area contributed by atoms with Gasteiger partial charge in [-0.05, 0) is 12.0 Å². The molecule has 0 aliphatic rings. The van der Waals surface area contributed by atoms with Crippen LogP contribution in [0.4, 0.5) is 0 Å². The monoisotopic (exact) mass is 187 g/mol. The molecule has 1 heteroatoms. The first kappa shape index (κ1) is 10.7. The molecule has 0 heterocycles. The molecular weight excluding hydrogens is 170 g/mol. The van der Waals surface area contributed by atoms with Crippen molar-refractivity contribution in [3.63, 3.8) is 0 Å². The van der Waals surface area contributed by atoms with Crippen molar-refractivity contribution in [3.8, 4) is 0 Å². The van der Waals surface area contributed by atoms with Crippen LogP contribution in [0.1, 0.15) is 5.56 Å². The van der Waals surface area contributed by atoms with Crippen LogP contribution >= 0.6 is 0 Å². The minimum Gasteiger partial charge on any atom is -0.310 e. The molecule has 0 saturated heterocycles. The summed E-state index contributed by atoms with van der Waals surface area (Å²) in [6.45, 7) is 5.43. The summed E-state index contributed by atoms with van der Waals surface area (Å²) in [4.78, 5) is 0. The van der Waals surface area contributed by atoms with Crippen LogP contribution in [0.25, 0.3) is 0 Å². The predicted molar refractivity (Wildman–Crippen MR) is 62.4 cm³/mol. The largest absolute Gasteiger partial charge is 0.310 e. The van der Waals surface area contributed by atoms with Gasteiger partial charge >= 0.3 is 0 Å². The lowest BCUT2D eigenvalue weighted by Crippen LogP contribution is -2.12. The summed E-state index contributed by atoms with van der Waals surface area (Å²) in [7, 11) is 0. The molecule has 1 aromatic rings. The molecule has 0 amide bonds. The van der Waals surface area contributed by atoms with Gasteiger partial charge in [0.05, 0.1) is 0 Å². The zero-order valence-electron chi connectivity index (χ0n) is 8.45. The first-order valence-electron chi connectivity index (χ1n) is 4.94. The molecule has 0 aliphatic carbocycles. The van der Waals surface area contributed by atoms with Crippen LogP contribution in [0.5, 0.6) is 0 Å². The molecule has 0 unspecified atom stereocenters. The van der Waals surface area contributed by atoms with Crippen LogP contribution in [0, 0.1) is 0 Å². The van der Waals surface area contributed by atoms with Gasteiger partial charge in [-0.1, -0.05) is 48.6 Å². The van der Waals surface area contributed by atoms with Gasteiger partial charge < -0.3 is 5.32 Å². The zero-order valence-corrected chi connectivity index (χ0v) is 8.45. The van der Waals surface area contributed by atoms with E-state index in [0.717, 1.165) is 19.5 Å². The highest BCUT2D eigenvalue weighted by Crippen LogP contribution is 1.99. The third kappa shape index (κ3) is 4.63. The van der Waals surface area contributed by atoms with Crippen molar-refractivity contribution in [1.29, 1.82) is 0 Å². The minimum absolute atomic E-state index is 0.871. The quantitative estimate of drug-likeness (QED) is 0.533. The fraction of sp³-hybridized carbons (Fsp3) is 0.231. The number of rotatable bonds is 6. The van der Waals surface area contributed by atoms with Crippen molar-refractivity contribution in [1.82, 2.24) is 5.32 Å². The first-order valence-corrected chi connectivity index (χ1v) is 4.94. The highest BCUT2D eigenvalue weighted by atomic mass is 14.8. The highest BCUT2D eigenvalue weighted by Gasteiger charge is 1.84. The molecule has 0 aliphatic heterocycles. The SMILES string of the molecule is C=CCNC/C=C/Cc1ccccc1. The third-order valence-electron chi connectivity index (χ3n) is 1.91. The van der Waals surface area contributed by atoms with Gasteiger partial charge in [-0.2, -0.15) is 0 Å². The Morgan fingerprint density at radius 1 is 1.07 bits per heavy atom. The van der Waals surface area contributed by atoms with E-state index in [1.807, 2.05) is 12.1 Å². The van der Waals surface area contributed by atoms with Gasteiger partial charge in [0.25, 0.3) is 0 Å². The average Bonchev–Trinajstić information content (AvgIpc) is 2.25. The molecule has 1 N–H and O–H groups in total. The lowest BCUT2D eigenvalue weighted by atomic mass is 10.1. The molecule has 74 valence electrons. The topological polar surface area (TPSA) is 12.0 Å². The van der Waals surface area contributed by atoms with E-state index in [9.17, 15) is 0 Å². The molecule has 0 spiro atoms. The van der Waals surface area contributed by atoms with E-state index in [1.54, 1.807) is 0 Å². The Bertz CT molecular complexity index is 275. The first-order chi connectivity index (χ1) is 6.93. The molecule has 1 rings (SSSR count). The third-order valence-corrected chi connectivity index (χ3v) is 1.91. The van der Waals surface area contributed by atoms with Crippen LogP contribution in [-0.4, -0.2) is 13.1 Å². The van der Waals surface area contributed by atoms with E-state index < -0.39 is 0 Å². The predicted octanol–water partition coefficient (Wildman–Crippen LogP) is 2.56. The van der Waals surface area contributed by atoms with Crippen molar-refractivity contribution >= 4 is 0 Å². The standard InChI is InChI=1S/C13H17N/c1-2-11-14-12-7-6-10-13-8-4-3-5-9-13/h2-9,14H,1,10-12H2/b7-6+. The highest BCUT2D eigenvalue weighted by molar-refractivity contribution is 5.17. The summed E-state index contributed by atoms with van der Waals surface area (Å²) in [6.07, 6.45) is 7.21. The molecule has 1 aromatic carbocycles. The Hall–Kier alpha value is -1.34. The van der Waals surface area contributed by atoms with Crippen molar-refractivity contribution in [3.05, 3.63) is 60.7 Å². The lowest BCUT2D eigenvalue weighted by molar-refractivity contribution is 0.842. The second kappa shape index (κ2) is 7.10. The van der Waals surface area contributed by atoms with Crippen molar-refractivity contribution in [2.24, 2.45) is 0 Å². The van der Waals surface area contributed by atoms with E-state index in [4.69, 9.17) is 0 Å². The van der Waals surface area contributed by atoms with Crippen molar-refractivity contribution in [2.75, 3.05) is 13.1 Å². The van der Waals surface area contributed by atoms with Crippen LogP contribution < -0.4 is 5.32 Å². The Morgan fingerprint density at radius 2 is 1.86 bits per heavy atom. The molecule has 0 bridgehead atoms. The maximum absolute atomic E-state index is 3.64. The van der Waals surface area contributed by atoms with Gasteiger partial charge in [0, 0.05) is 13.1 Å². The number of hydrogen-bond donors (Lipinski definition) is 1. The van der Waals surface area contributed by atoms with Gasteiger partial charge in [0.1, 0.15) is 0 Å². The van der Waals surface area contributed by atoms with E-state index in [1.165, 1.54) is 5.56 Å². The van der Waals surface area contributed by atoms with Gasteiger partial charge in [0.15, 0.2) is 0 Å². The molecule has 1 nitrogen and oxygen atoms in total. The van der Waals surface area contributed by atoms with E-state index in [0.29, 0.717) is 0 Å². The van der Waals surface area contributed by atoms with Crippen LogP contribution in [-0.2, 0) is 6.42 Å². The Morgan fingerprint density at radius 3 is 2.57 bits per heavy atom. The van der Waals surface area contributed by atoms with E-state index in [2.05, 4.69) is 48.3 Å². The van der Waals surface area contributed by atoms with Gasteiger partial charge in [0.2, 0.25) is 0 Å². The number of hydrogen-bond acceptors (Lipinski definition) is 1. The van der Waals surface area contributed by atoms with E-state index in [-0.39, 0.29) is 0 Å². The Labute approximate surface area is 86.2 Å². The Balaban J connectivity index is 2.17. The van der Waals surface area contributed by atoms with Crippen molar-refractivity contribution < 1.29 is 0 Å². The second-order valence-corrected chi connectivity index (χ2v) is 3.11. The molecule has 0 atom stereocenters. The summed E-state index contributed by atoms with van der Waals surface area (Å²) in [5.41, 5.74) is 1.35. The maximum Gasteiger partial charge on any atom is 0.0137 e. The zero-order chi connectivity index (χ0) is 10.1. The van der Waals surface area contributed by atoms with Crippen molar-refractivity contribution in [2.45, 2.75) is 6.42 Å². The summed E-state index contributed by atoms with van der Waals surface area (Å²) in [6, 6.07) is 10.5. The van der Waals surface area contributed by atoms with Crippen LogP contribution in [0.2, 0.25) is 0 Å². The van der Waals surface area contributed by atoms with Crippen LogP contribution in [0.15, 0.2) is 55.1 Å². The second-order valence-electron chi connectivity index (χ2n) is 3.11. The number of nitrogens with one attached hydrogen (secondary N) is 1. The molecule has 0 aromatic heterocycles. The minimum atomic E-state index is 0.871. The molecule has 0 saturated carbocycles. The summed E-state index contributed by atoms with van der Waals surface area (Å²) in [5, 5.41) is 3.22. The number of benzene rings is 1. The summed E-state index contributed by atoms with van der Waals surface area (Å²) < 4.78 is 0. The maximum atomic E-state index is 3.64. The Kier molecular flexibility index (Phi) is 5.45.